The fourth-order valence-electron chi connectivity index (χ4n) is 3.15. The lowest BCUT2D eigenvalue weighted by atomic mass is 10.0. The highest BCUT2D eigenvalue weighted by Crippen LogP contribution is 2.24. The molecule has 1 heterocycles. The van der Waals surface area contributed by atoms with E-state index >= 15 is 0 Å². The zero-order valence-corrected chi connectivity index (χ0v) is 13.3. The fourth-order valence-corrected chi connectivity index (χ4v) is 3.15. The zero-order chi connectivity index (χ0) is 16.4. The number of anilines is 1. The Hall–Kier alpha value is -2.88. The number of aromatic nitrogens is 2. The number of fused-ring (bicyclic) bond motifs is 1. The van der Waals surface area contributed by atoms with Crippen LogP contribution in [-0.2, 0) is 4.79 Å². The van der Waals surface area contributed by atoms with Gasteiger partial charge in [0.2, 0.25) is 5.91 Å². The maximum absolute atomic E-state index is 12.2. The van der Waals surface area contributed by atoms with Gasteiger partial charge in [0.15, 0.2) is 0 Å². The number of hydrogen-bond donors (Lipinski definition) is 2. The van der Waals surface area contributed by atoms with Gasteiger partial charge in [-0.15, -0.1) is 0 Å². The first-order valence-corrected chi connectivity index (χ1v) is 8.30. The van der Waals surface area contributed by atoms with Crippen LogP contribution >= 0.6 is 0 Å². The smallest absolute Gasteiger partial charge is 0.224 e. The topological polar surface area (TPSA) is 57.8 Å². The number of hydrogen-bond acceptors (Lipinski definition) is 2. The number of rotatable bonds is 4. The molecular formula is C20H19N3O. The molecule has 2 N–H and O–H groups in total. The largest absolute Gasteiger partial charge is 0.338 e. The van der Waals surface area contributed by atoms with Crippen LogP contribution in [-0.4, -0.2) is 15.9 Å². The van der Waals surface area contributed by atoms with Crippen LogP contribution in [0.4, 0.5) is 5.69 Å². The minimum atomic E-state index is 0.0632. The van der Waals surface area contributed by atoms with Gasteiger partial charge < -0.3 is 10.3 Å². The third kappa shape index (κ3) is 3.08. The van der Waals surface area contributed by atoms with Crippen molar-refractivity contribution in [1.82, 2.24) is 9.97 Å². The maximum Gasteiger partial charge on any atom is 0.224 e. The van der Waals surface area contributed by atoms with Gasteiger partial charge >= 0.3 is 0 Å². The molecule has 120 valence electrons. The molecule has 0 aliphatic heterocycles. The lowest BCUT2D eigenvalue weighted by molar-refractivity contribution is -0.116. The summed E-state index contributed by atoms with van der Waals surface area (Å²) in [5.41, 5.74) is 3.72. The number of allylic oxidation sites excluding steroid dienone is 2. The molecule has 1 aliphatic carbocycles. The molecule has 0 bridgehead atoms. The summed E-state index contributed by atoms with van der Waals surface area (Å²) in [4.78, 5) is 20.1. The van der Waals surface area contributed by atoms with E-state index in [-0.39, 0.29) is 5.91 Å². The second-order valence-electron chi connectivity index (χ2n) is 6.20. The number of carbonyl (C=O) groups excluding carboxylic acids is 1. The monoisotopic (exact) mass is 317 g/mol. The highest BCUT2D eigenvalue weighted by atomic mass is 16.1. The Bertz CT molecular complexity index is 877. The summed E-state index contributed by atoms with van der Waals surface area (Å²) in [5, 5.41) is 3.00. The van der Waals surface area contributed by atoms with Gasteiger partial charge in [-0.2, -0.15) is 0 Å². The summed E-state index contributed by atoms with van der Waals surface area (Å²) in [6.45, 7) is 0. The number of aromatic amines is 1. The van der Waals surface area contributed by atoms with Crippen molar-refractivity contribution in [3.8, 4) is 11.4 Å². The van der Waals surface area contributed by atoms with Crippen molar-refractivity contribution < 1.29 is 4.79 Å². The van der Waals surface area contributed by atoms with E-state index in [1.54, 1.807) is 0 Å². The summed E-state index contributed by atoms with van der Waals surface area (Å²) in [7, 11) is 0. The molecular weight excluding hydrogens is 298 g/mol. The Morgan fingerprint density at radius 2 is 2.12 bits per heavy atom. The Balaban J connectivity index is 1.52. The standard InChI is InChI=1S/C20H19N3O/c24-19(12-14-6-1-2-7-14)21-16-9-5-8-15(13-16)20-22-17-10-3-4-11-18(17)23-20/h1,3-6,8-11,13-14H,2,7,12H2,(H,21,24)(H,22,23). The van der Waals surface area contributed by atoms with Gasteiger partial charge in [0.1, 0.15) is 5.82 Å². The summed E-state index contributed by atoms with van der Waals surface area (Å²) < 4.78 is 0. The Kier molecular flexibility index (Phi) is 3.87. The molecule has 1 aromatic heterocycles. The molecule has 1 atom stereocenters. The van der Waals surface area contributed by atoms with Gasteiger partial charge in [0.25, 0.3) is 0 Å². The predicted octanol–water partition coefficient (Wildman–Crippen LogP) is 4.52. The molecule has 4 nitrogen and oxygen atoms in total. The second-order valence-corrected chi connectivity index (χ2v) is 6.20. The number of H-pyrrole nitrogens is 1. The summed E-state index contributed by atoms with van der Waals surface area (Å²) >= 11 is 0. The molecule has 1 amide bonds. The number of para-hydroxylation sites is 2. The van der Waals surface area contributed by atoms with Crippen LogP contribution in [0.3, 0.4) is 0 Å². The van der Waals surface area contributed by atoms with E-state index < -0.39 is 0 Å². The number of benzene rings is 2. The van der Waals surface area contributed by atoms with E-state index in [0.29, 0.717) is 12.3 Å². The quantitative estimate of drug-likeness (QED) is 0.695. The lowest BCUT2D eigenvalue weighted by Gasteiger charge is -2.09. The van der Waals surface area contributed by atoms with Crippen molar-refractivity contribution >= 4 is 22.6 Å². The number of imidazole rings is 1. The third-order valence-corrected chi connectivity index (χ3v) is 4.37. The molecule has 0 fully saturated rings. The molecule has 0 radical (unpaired) electrons. The second kappa shape index (κ2) is 6.32. The molecule has 1 unspecified atom stereocenters. The summed E-state index contributed by atoms with van der Waals surface area (Å²) in [6.07, 6.45) is 7.00. The van der Waals surface area contributed by atoms with Gasteiger partial charge in [-0.05, 0) is 43.0 Å². The molecule has 0 saturated carbocycles. The first kappa shape index (κ1) is 14.7. The van der Waals surface area contributed by atoms with E-state index in [2.05, 4.69) is 27.4 Å². The molecule has 1 aliphatic rings. The number of nitrogens with one attached hydrogen (secondary N) is 2. The van der Waals surface area contributed by atoms with Crippen LogP contribution < -0.4 is 5.32 Å². The van der Waals surface area contributed by atoms with Crippen molar-refractivity contribution in [2.75, 3.05) is 5.32 Å². The van der Waals surface area contributed by atoms with E-state index in [1.807, 2.05) is 48.5 Å². The average Bonchev–Trinajstić information content (AvgIpc) is 3.24. The first-order valence-electron chi connectivity index (χ1n) is 8.30. The number of carbonyl (C=O) groups is 1. The van der Waals surface area contributed by atoms with Crippen LogP contribution in [0.15, 0.2) is 60.7 Å². The minimum Gasteiger partial charge on any atom is -0.338 e. The van der Waals surface area contributed by atoms with Crippen molar-refractivity contribution in [1.29, 1.82) is 0 Å². The van der Waals surface area contributed by atoms with E-state index in [0.717, 1.165) is 41.0 Å². The Morgan fingerprint density at radius 3 is 2.96 bits per heavy atom. The maximum atomic E-state index is 12.2. The first-order chi connectivity index (χ1) is 11.8. The van der Waals surface area contributed by atoms with Gasteiger partial charge in [-0.1, -0.05) is 36.4 Å². The summed E-state index contributed by atoms with van der Waals surface area (Å²) in [6, 6.07) is 15.7. The molecule has 24 heavy (non-hydrogen) atoms. The van der Waals surface area contributed by atoms with Crippen LogP contribution in [0, 0.1) is 5.92 Å². The predicted molar refractivity (Wildman–Crippen MR) is 96.6 cm³/mol. The third-order valence-electron chi connectivity index (χ3n) is 4.37. The molecule has 0 spiro atoms. The van der Waals surface area contributed by atoms with Gasteiger partial charge in [0.05, 0.1) is 11.0 Å². The van der Waals surface area contributed by atoms with Gasteiger partial charge in [-0.3, -0.25) is 4.79 Å². The SMILES string of the molecule is O=C(CC1C=CCC1)Nc1cccc(-c2nc3ccccc3[nH]2)c1. The zero-order valence-electron chi connectivity index (χ0n) is 13.3. The number of amides is 1. The normalized spacial score (nSPS) is 16.6. The molecule has 0 saturated heterocycles. The molecule has 2 aromatic carbocycles. The van der Waals surface area contributed by atoms with Crippen LogP contribution in [0.1, 0.15) is 19.3 Å². The lowest BCUT2D eigenvalue weighted by Crippen LogP contribution is -2.14. The van der Waals surface area contributed by atoms with Crippen molar-refractivity contribution in [2.24, 2.45) is 5.92 Å². The van der Waals surface area contributed by atoms with Crippen molar-refractivity contribution in [3.05, 3.63) is 60.7 Å². The molecule has 3 aromatic rings. The Labute approximate surface area is 140 Å². The van der Waals surface area contributed by atoms with E-state index in [4.69, 9.17) is 0 Å². The fraction of sp³-hybridized carbons (Fsp3) is 0.200. The van der Waals surface area contributed by atoms with Crippen LogP contribution in [0.5, 0.6) is 0 Å². The van der Waals surface area contributed by atoms with Crippen molar-refractivity contribution in [3.63, 3.8) is 0 Å². The van der Waals surface area contributed by atoms with E-state index in [1.165, 1.54) is 0 Å². The van der Waals surface area contributed by atoms with Crippen molar-refractivity contribution in [2.45, 2.75) is 19.3 Å². The molecule has 4 rings (SSSR count). The van der Waals surface area contributed by atoms with Crippen LogP contribution in [0.25, 0.3) is 22.4 Å². The van der Waals surface area contributed by atoms with Gasteiger partial charge in [-0.25, -0.2) is 4.98 Å². The van der Waals surface area contributed by atoms with Gasteiger partial charge in [0, 0.05) is 17.7 Å². The highest BCUT2D eigenvalue weighted by Gasteiger charge is 2.14. The highest BCUT2D eigenvalue weighted by molar-refractivity contribution is 5.91. The molecule has 4 heteroatoms. The van der Waals surface area contributed by atoms with E-state index in [9.17, 15) is 4.79 Å². The minimum absolute atomic E-state index is 0.0632. The van der Waals surface area contributed by atoms with Crippen LogP contribution in [0.2, 0.25) is 0 Å². The average molecular weight is 317 g/mol. The Morgan fingerprint density at radius 1 is 1.21 bits per heavy atom. The summed E-state index contributed by atoms with van der Waals surface area (Å²) in [5.74, 6) is 1.25. The number of nitrogens with zero attached hydrogens (tertiary/aromatic N) is 1.